The number of rotatable bonds is 6. The van der Waals surface area contributed by atoms with Crippen LogP contribution in [0.15, 0.2) is 194 Å². The zero-order valence-electron chi connectivity index (χ0n) is 30.0. The average molecular weight is 681 g/mol. The maximum Gasteiger partial charge on any atom is 0.0629 e. The molecular formula is C51H40N2. The van der Waals surface area contributed by atoms with Gasteiger partial charge in [0.15, 0.2) is 0 Å². The van der Waals surface area contributed by atoms with E-state index in [1.54, 1.807) is 0 Å². The fraction of sp³-hybridized carbons (Fsp3) is 0.0980. The van der Waals surface area contributed by atoms with Crippen molar-refractivity contribution in [2.45, 2.75) is 31.2 Å². The number of hydrogen-bond acceptors (Lipinski definition) is 2. The third kappa shape index (κ3) is 5.17. The average Bonchev–Trinajstić information content (AvgIpc) is 3.67. The minimum atomic E-state index is -0.0643. The Kier molecular flexibility index (Phi) is 7.33. The highest BCUT2D eigenvalue weighted by Crippen LogP contribution is 2.51. The number of nitrogens with zero attached hydrogens (tertiary/aromatic N) is 2. The SMILES string of the molecule is CC1(C)c2ccccc2-c2ccc(N(c3ccccc3)c3ccc(-c4ccc5c(c4)C4C=CC=CC4N5c4ccc(-c5ccccc5)cc4)cc3)cc21. The molecule has 2 atom stereocenters. The van der Waals surface area contributed by atoms with Crippen LogP contribution in [0.4, 0.5) is 28.4 Å². The Morgan fingerprint density at radius 1 is 0.472 bits per heavy atom. The van der Waals surface area contributed by atoms with Crippen LogP contribution in [0.3, 0.4) is 0 Å². The van der Waals surface area contributed by atoms with Crippen LogP contribution in [-0.2, 0) is 5.41 Å². The van der Waals surface area contributed by atoms with Gasteiger partial charge in [-0.2, -0.15) is 0 Å². The van der Waals surface area contributed by atoms with Crippen molar-refractivity contribution in [1.82, 2.24) is 0 Å². The van der Waals surface area contributed by atoms with Crippen molar-refractivity contribution in [3.8, 4) is 33.4 Å². The van der Waals surface area contributed by atoms with Gasteiger partial charge >= 0.3 is 0 Å². The summed E-state index contributed by atoms with van der Waals surface area (Å²) in [5.41, 5.74) is 17.6. The summed E-state index contributed by atoms with van der Waals surface area (Å²) >= 11 is 0. The van der Waals surface area contributed by atoms with Crippen LogP contribution in [-0.4, -0.2) is 6.04 Å². The van der Waals surface area contributed by atoms with Crippen LogP contribution in [0.2, 0.25) is 0 Å². The lowest BCUT2D eigenvalue weighted by Gasteiger charge is -2.28. The van der Waals surface area contributed by atoms with E-state index < -0.39 is 0 Å². The van der Waals surface area contributed by atoms with E-state index in [0.29, 0.717) is 5.92 Å². The van der Waals surface area contributed by atoms with Gasteiger partial charge in [-0.1, -0.05) is 147 Å². The summed E-state index contributed by atoms with van der Waals surface area (Å²) in [6.45, 7) is 4.70. The fourth-order valence-corrected chi connectivity index (χ4v) is 8.93. The lowest BCUT2D eigenvalue weighted by Crippen LogP contribution is -2.28. The molecule has 7 aromatic rings. The highest BCUT2D eigenvalue weighted by Gasteiger charge is 2.38. The molecule has 0 saturated heterocycles. The van der Waals surface area contributed by atoms with Gasteiger partial charge in [0, 0.05) is 39.8 Å². The molecule has 254 valence electrons. The van der Waals surface area contributed by atoms with E-state index in [1.807, 2.05) is 0 Å². The molecule has 53 heavy (non-hydrogen) atoms. The van der Waals surface area contributed by atoms with Gasteiger partial charge in [0.2, 0.25) is 0 Å². The van der Waals surface area contributed by atoms with Crippen LogP contribution in [0.5, 0.6) is 0 Å². The molecule has 3 aliphatic rings. The highest BCUT2D eigenvalue weighted by molar-refractivity contribution is 5.86. The van der Waals surface area contributed by atoms with E-state index in [-0.39, 0.29) is 11.5 Å². The molecule has 0 aromatic heterocycles. The first kappa shape index (κ1) is 31.4. The molecule has 2 nitrogen and oxygen atoms in total. The van der Waals surface area contributed by atoms with E-state index in [2.05, 4.69) is 218 Å². The Morgan fingerprint density at radius 3 is 1.85 bits per heavy atom. The van der Waals surface area contributed by atoms with E-state index in [4.69, 9.17) is 0 Å². The summed E-state index contributed by atoms with van der Waals surface area (Å²) in [5, 5.41) is 0. The lowest BCUT2D eigenvalue weighted by molar-refractivity contribution is 0.660. The molecule has 2 heteroatoms. The zero-order valence-corrected chi connectivity index (χ0v) is 30.0. The van der Waals surface area contributed by atoms with Crippen molar-refractivity contribution in [3.63, 3.8) is 0 Å². The third-order valence-electron chi connectivity index (χ3n) is 11.6. The Balaban J connectivity index is 0.991. The molecule has 0 N–H and O–H groups in total. The quantitative estimate of drug-likeness (QED) is 0.172. The second-order valence-corrected chi connectivity index (χ2v) is 15.0. The lowest BCUT2D eigenvalue weighted by atomic mass is 9.82. The second-order valence-electron chi connectivity index (χ2n) is 15.0. The number of anilines is 5. The standard InChI is InChI=1S/C51H40N2/c1-51(2)47-19-11-9-17-43(47)44-31-30-42(34-48(44)51)52(39-15-7-4-8-16-39)40-26-23-37(24-27-40)38-25-32-50-46(33-38)45-18-10-12-20-49(45)53(50)41-28-21-36(22-29-41)35-13-5-3-6-14-35/h3-34,45,49H,1-2H3. The molecule has 10 rings (SSSR count). The number of para-hydroxylation sites is 1. The fourth-order valence-electron chi connectivity index (χ4n) is 8.93. The molecule has 0 spiro atoms. The summed E-state index contributed by atoms with van der Waals surface area (Å²) in [7, 11) is 0. The van der Waals surface area contributed by atoms with Crippen molar-refractivity contribution in [1.29, 1.82) is 0 Å². The molecular weight excluding hydrogens is 641 g/mol. The van der Waals surface area contributed by atoms with Crippen molar-refractivity contribution in [2.24, 2.45) is 0 Å². The molecule has 0 saturated carbocycles. The topological polar surface area (TPSA) is 6.48 Å². The molecule has 0 amide bonds. The zero-order chi connectivity index (χ0) is 35.5. The summed E-state index contributed by atoms with van der Waals surface area (Å²) in [6, 6.07) is 62.6. The van der Waals surface area contributed by atoms with Crippen LogP contribution >= 0.6 is 0 Å². The molecule has 1 heterocycles. The largest absolute Gasteiger partial charge is 0.333 e. The highest BCUT2D eigenvalue weighted by atomic mass is 15.2. The molecule has 0 bridgehead atoms. The van der Waals surface area contributed by atoms with Crippen LogP contribution in [0.25, 0.3) is 33.4 Å². The van der Waals surface area contributed by atoms with Gasteiger partial charge in [-0.25, -0.2) is 0 Å². The maximum absolute atomic E-state index is 2.51. The predicted octanol–water partition coefficient (Wildman–Crippen LogP) is 13.5. The minimum Gasteiger partial charge on any atom is -0.333 e. The van der Waals surface area contributed by atoms with Crippen LogP contribution < -0.4 is 9.80 Å². The number of hydrogen-bond donors (Lipinski definition) is 0. The van der Waals surface area contributed by atoms with E-state index >= 15 is 0 Å². The molecule has 1 aliphatic heterocycles. The number of fused-ring (bicyclic) bond motifs is 6. The molecule has 2 aliphatic carbocycles. The van der Waals surface area contributed by atoms with Gasteiger partial charge in [0.1, 0.15) is 0 Å². The maximum atomic E-state index is 2.51. The second kappa shape index (κ2) is 12.4. The molecule has 7 aromatic carbocycles. The van der Waals surface area contributed by atoms with Gasteiger partial charge in [-0.3, -0.25) is 0 Å². The third-order valence-corrected chi connectivity index (χ3v) is 11.6. The van der Waals surface area contributed by atoms with Gasteiger partial charge in [0.25, 0.3) is 0 Å². The van der Waals surface area contributed by atoms with Gasteiger partial charge in [0.05, 0.1) is 6.04 Å². The monoisotopic (exact) mass is 680 g/mol. The van der Waals surface area contributed by atoms with Gasteiger partial charge < -0.3 is 9.80 Å². The summed E-state index contributed by atoms with van der Waals surface area (Å²) in [6.07, 6.45) is 9.10. The number of benzene rings is 7. The Bertz CT molecular complexity index is 2530. The van der Waals surface area contributed by atoms with Crippen molar-refractivity contribution in [2.75, 3.05) is 9.80 Å². The normalized spacial score (nSPS) is 17.2. The summed E-state index contributed by atoms with van der Waals surface area (Å²) in [5.74, 6) is 0.298. The Labute approximate surface area is 312 Å². The van der Waals surface area contributed by atoms with Gasteiger partial charge in [-0.05, 0) is 111 Å². The smallest absolute Gasteiger partial charge is 0.0629 e. The Morgan fingerprint density at radius 2 is 1.06 bits per heavy atom. The minimum absolute atomic E-state index is 0.0643. The summed E-state index contributed by atoms with van der Waals surface area (Å²) in [4.78, 5) is 4.90. The van der Waals surface area contributed by atoms with E-state index in [9.17, 15) is 0 Å². The van der Waals surface area contributed by atoms with Crippen molar-refractivity contribution < 1.29 is 0 Å². The van der Waals surface area contributed by atoms with Crippen LogP contribution in [0, 0.1) is 0 Å². The number of allylic oxidation sites excluding steroid dienone is 2. The first-order chi connectivity index (χ1) is 26.0. The van der Waals surface area contributed by atoms with Gasteiger partial charge in [-0.15, -0.1) is 0 Å². The molecule has 2 unspecified atom stereocenters. The first-order valence-corrected chi connectivity index (χ1v) is 18.7. The van der Waals surface area contributed by atoms with Crippen molar-refractivity contribution in [3.05, 3.63) is 211 Å². The van der Waals surface area contributed by atoms with Crippen molar-refractivity contribution >= 4 is 28.4 Å². The van der Waals surface area contributed by atoms with Crippen LogP contribution in [0.1, 0.15) is 36.5 Å². The summed E-state index contributed by atoms with van der Waals surface area (Å²) < 4.78 is 0. The predicted molar refractivity (Wildman–Crippen MR) is 223 cm³/mol. The molecule has 0 fully saturated rings. The Hall–Kier alpha value is -6.38. The molecule has 0 radical (unpaired) electrons. The van der Waals surface area contributed by atoms with E-state index in [1.165, 1.54) is 67.1 Å². The van der Waals surface area contributed by atoms with E-state index in [0.717, 1.165) is 11.4 Å². The first-order valence-electron chi connectivity index (χ1n) is 18.7.